The molecule has 2 heterocycles. The highest BCUT2D eigenvalue weighted by molar-refractivity contribution is 8.00. The Balaban J connectivity index is 1.26. The van der Waals surface area contributed by atoms with Crippen LogP contribution in [0, 0.1) is 0 Å². The third-order valence-corrected chi connectivity index (χ3v) is 6.60. The van der Waals surface area contributed by atoms with Gasteiger partial charge in [-0.1, -0.05) is 52.5 Å². The van der Waals surface area contributed by atoms with E-state index in [0.717, 1.165) is 27.0 Å². The van der Waals surface area contributed by atoms with Crippen molar-refractivity contribution in [2.45, 2.75) is 22.9 Å². The molecule has 0 aliphatic heterocycles. The van der Waals surface area contributed by atoms with Crippen LogP contribution in [0.15, 0.2) is 57.4 Å². The quantitative estimate of drug-likeness (QED) is 0.258. The molecule has 0 aliphatic rings. The van der Waals surface area contributed by atoms with Crippen molar-refractivity contribution in [1.82, 2.24) is 20.3 Å². The molecule has 0 atom stereocenters. The Morgan fingerprint density at radius 1 is 1.09 bits per heavy atom. The molecule has 0 saturated heterocycles. The summed E-state index contributed by atoms with van der Waals surface area (Å²) in [5.74, 6) is 2.82. The van der Waals surface area contributed by atoms with E-state index in [1.54, 1.807) is 26.0 Å². The summed E-state index contributed by atoms with van der Waals surface area (Å²) in [4.78, 5) is 16.7. The molecule has 0 bridgehead atoms. The van der Waals surface area contributed by atoms with Gasteiger partial charge in [-0.05, 0) is 29.8 Å². The fourth-order valence-corrected chi connectivity index (χ4v) is 4.61. The first kappa shape index (κ1) is 22.7. The van der Waals surface area contributed by atoms with Crippen LogP contribution in [0.4, 0.5) is 5.13 Å². The lowest BCUT2D eigenvalue weighted by molar-refractivity contribution is -0.116. The van der Waals surface area contributed by atoms with Gasteiger partial charge in [0.15, 0.2) is 4.34 Å². The lowest BCUT2D eigenvalue weighted by atomic mass is 10.2. The summed E-state index contributed by atoms with van der Waals surface area (Å²) in [6.45, 7) is 0. The molecular formula is C22H21N5O4S2. The molecule has 1 N–H and O–H groups in total. The fourth-order valence-electron chi connectivity index (χ4n) is 2.88. The number of thioether (sulfide) groups is 1. The van der Waals surface area contributed by atoms with Crippen LogP contribution in [0.1, 0.15) is 17.9 Å². The van der Waals surface area contributed by atoms with Crippen molar-refractivity contribution in [1.29, 1.82) is 0 Å². The van der Waals surface area contributed by atoms with E-state index in [-0.39, 0.29) is 12.3 Å². The standard InChI is InChI=1S/C22H21N5O4S2/c1-29-15-9-7-14(8-10-15)13-32-22-26-25-21(33-22)23-18(28)11-12-19-24-20(27-31-19)16-5-3-4-6-17(16)30-2/h3-10H,11-13H2,1-2H3,(H,23,25,28). The zero-order valence-corrected chi connectivity index (χ0v) is 19.6. The maximum atomic E-state index is 12.3. The van der Waals surface area contributed by atoms with Gasteiger partial charge in [0.2, 0.25) is 22.8 Å². The van der Waals surface area contributed by atoms with Crippen molar-refractivity contribution < 1.29 is 18.8 Å². The second kappa shape index (κ2) is 10.9. The van der Waals surface area contributed by atoms with Gasteiger partial charge in [-0.15, -0.1) is 10.2 Å². The first-order valence-electron chi connectivity index (χ1n) is 9.99. The Bertz CT molecular complexity index is 1210. The predicted molar refractivity (Wildman–Crippen MR) is 126 cm³/mol. The first-order chi connectivity index (χ1) is 16.1. The number of aromatic nitrogens is 4. The molecule has 2 aromatic heterocycles. The summed E-state index contributed by atoms with van der Waals surface area (Å²) in [7, 11) is 3.23. The number of amides is 1. The van der Waals surface area contributed by atoms with Gasteiger partial charge in [-0.2, -0.15) is 4.98 Å². The van der Waals surface area contributed by atoms with Crippen molar-refractivity contribution in [3.63, 3.8) is 0 Å². The third-order valence-electron chi connectivity index (χ3n) is 4.56. The van der Waals surface area contributed by atoms with Crippen molar-refractivity contribution in [3.8, 4) is 22.9 Å². The summed E-state index contributed by atoms with van der Waals surface area (Å²) >= 11 is 2.89. The molecule has 4 aromatic rings. The van der Waals surface area contributed by atoms with E-state index in [1.165, 1.54) is 11.3 Å². The van der Waals surface area contributed by atoms with Crippen molar-refractivity contribution >= 4 is 34.1 Å². The average molecular weight is 484 g/mol. The van der Waals surface area contributed by atoms with Gasteiger partial charge in [0.25, 0.3) is 0 Å². The van der Waals surface area contributed by atoms with Crippen LogP contribution in [0.2, 0.25) is 0 Å². The smallest absolute Gasteiger partial charge is 0.227 e. The number of carbonyl (C=O) groups is 1. The van der Waals surface area contributed by atoms with Crippen molar-refractivity contribution in [3.05, 3.63) is 60.0 Å². The summed E-state index contributed by atoms with van der Waals surface area (Å²) in [5.41, 5.74) is 1.88. The SMILES string of the molecule is COc1ccc(CSc2nnc(NC(=O)CCc3nc(-c4ccccc4OC)no3)s2)cc1. The molecule has 33 heavy (non-hydrogen) atoms. The second-order valence-electron chi connectivity index (χ2n) is 6.77. The first-order valence-corrected chi connectivity index (χ1v) is 11.8. The van der Waals surface area contributed by atoms with Crippen LogP contribution in [0.3, 0.4) is 0 Å². The van der Waals surface area contributed by atoms with E-state index in [9.17, 15) is 4.79 Å². The Morgan fingerprint density at radius 3 is 2.70 bits per heavy atom. The Kier molecular flexibility index (Phi) is 7.53. The number of rotatable bonds is 10. The normalized spacial score (nSPS) is 10.7. The number of methoxy groups -OCH3 is 2. The minimum absolute atomic E-state index is 0.182. The maximum Gasteiger partial charge on any atom is 0.227 e. The molecule has 9 nitrogen and oxygen atoms in total. The summed E-state index contributed by atoms with van der Waals surface area (Å²) < 4.78 is 16.5. The number of anilines is 1. The zero-order chi connectivity index (χ0) is 23.0. The number of nitrogens with one attached hydrogen (secondary N) is 1. The van der Waals surface area contributed by atoms with Crippen LogP contribution in [-0.2, 0) is 17.0 Å². The van der Waals surface area contributed by atoms with Gasteiger partial charge in [0, 0.05) is 18.6 Å². The second-order valence-corrected chi connectivity index (χ2v) is 8.97. The van der Waals surface area contributed by atoms with E-state index < -0.39 is 0 Å². The number of hydrogen-bond donors (Lipinski definition) is 1. The van der Waals surface area contributed by atoms with Crippen LogP contribution in [-0.4, -0.2) is 40.5 Å². The largest absolute Gasteiger partial charge is 0.497 e. The van der Waals surface area contributed by atoms with E-state index in [2.05, 4.69) is 25.7 Å². The maximum absolute atomic E-state index is 12.3. The van der Waals surface area contributed by atoms with Crippen LogP contribution in [0.25, 0.3) is 11.4 Å². The Hall–Kier alpha value is -3.44. The van der Waals surface area contributed by atoms with Gasteiger partial charge >= 0.3 is 0 Å². The molecule has 0 fully saturated rings. The van der Waals surface area contributed by atoms with Crippen LogP contribution >= 0.6 is 23.1 Å². The van der Waals surface area contributed by atoms with E-state index in [0.29, 0.717) is 29.0 Å². The zero-order valence-electron chi connectivity index (χ0n) is 18.0. The highest BCUT2D eigenvalue weighted by Crippen LogP contribution is 2.29. The predicted octanol–water partition coefficient (Wildman–Crippen LogP) is 4.47. The minimum Gasteiger partial charge on any atom is -0.497 e. The van der Waals surface area contributed by atoms with E-state index in [4.69, 9.17) is 14.0 Å². The highest BCUT2D eigenvalue weighted by atomic mass is 32.2. The highest BCUT2D eigenvalue weighted by Gasteiger charge is 2.15. The number of benzene rings is 2. The molecule has 0 saturated carbocycles. The fraction of sp³-hybridized carbons (Fsp3) is 0.227. The third kappa shape index (κ3) is 6.08. The lowest BCUT2D eigenvalue weighted by Gasteiger charge is -2.03. The summed E-state index contributed by atoms with van der Waals surface area (Å²) in [6, 6.07) is 15.3. The number of para-hydroxylation sites is 1. The molecule has 0 aliphatic carbocycles. The molecule has 11 heteroatoms. The molecule has 0 spiro atoms. The van der Waals surface area contributed by atoms with Gasteiger partial charge < -0.3 is 19.3 Å². The molecule has 4 rings (SSSR count). The Labute approximate surface area is 198 Å². The lowest BCUT2D eigenvalue weighted by Crippen LogP contribution is -2.12. The molecule has 2 aromatic carbocycles. The number of carbonyl (C=O) groups excluding carboxylic acids is 1. The number of aryl methyl sites for hydroxylation is 1. The minimum atomic E-state index is -0.199. The molecule has 1 amide bonds. The van der Waals surface area contributed by atoms with Gasteiger partial charge in [-0.25, -0.2) is 0 Å². The monoisotopic (exact) mass is 483 g/mol. The number of ether oxygens (including phenoxy) is 2. The average Bonchev–Trinajstić information content (AvgIpc) is 3.51. The topological polar surface area (TPSA) is 112 Å². The summed E-state index contributed by atoms with van der Waals surface area (Å²) in [6.07, 6.45) is 0.493. The molecular weight excluding hydrogens is 462 g/mol. The van der Waals surface area contributed by atoms with E-state index >= 15 is 0 Å². The van der Waals surface area contributed by atoms with Gasteiger partial charge in [-0.3, -0.25) is 4.79 Å². The Morgan fingerprint density at radius 2 is 1.91 bits per heavy atom. The number of nitrogens with zero attached hydrogens (tertiary/aromatic N) is 4. The summed E-state index contributed by atoms with van der Waals surface area (Å²) in [5, 5.41) is 15.4. The van der Waals surface area contributed by atoms with E-state index in [1.807, 2.05) is 48.5 Å². The number of hydrogen-bond acceptors (Lipinski definition) is 10. The molecule has 170 valence electrons. The van der Waals surface area contributed by atoms with Gasteiger partial charge in [0.1, 0.15) is 11.5 Å². The van der Waals surface area contributed by atoms with Crippen LogP contribution < -0.4 is 14.8 Å². The van der Waals surface area contributed by atoms with Crippen LogP contribution in [0.5, 0.6) is 11.5 Å². The molecule has 0 radical (unpaired) electrons. The molecule has 0 unspecified atom stereocenters. The van der Waals surface area contributed by atoms with Crippen molar-refractivity contribution in [2.75, 3.05) is 19.5 Å². The van der Waals surface area contributed by atoms with Gasteiger partial charge in [0.05, 0.1) is 19.8 Å². The van der Waals surface area contributed by atoms with Crippen molar-refractivity contribution in [2.24, 2.45) is 0 Å².